The molecule has 0 saturated carbocycles. The molecule has 0 aliphatic heterocycles. The number of hydrogen-bond acceptors (Lipinski definition) is 3. The van der Waals surface area contributed by atoms with E-state index >= 15 is 0 Å². The Labute approximate surface area is 117 Å². The van der Waals surface area contributed by atoms with Crippen molar-refractivity contribution in [2.75, 3.05) is 7.05 Å². The molecule has 3 nitrogen and oxygen atoms in total. The molecule has 20 heavy (non-hydrogen) atoms. The van der Waals surface area contributed by atoms with Gasteiger partial charge in [-0.1, -0.05) is 29.7 Å². The number of nitrogens with zero attached hydrogens (tertiary/aromatic N) is 2. The molecule has 0 bridgehead atoms. The fraction of sp³-hybridized carbons (Fsp3) is 0.0667. The van der Waals surface area contributed by atoms with Crippen molar-refractivity contribution in [1.29, 1.82) is 5.26 Å². The van der Waals surface area contributed by atoms with E-state index in [0.717, 1.165) is 6.20 Å². The van der Waals surface area contributed by atoms with Gasteiger partial charge < -0.3 is 5.73 Å². The van der Waals surface area contributed by atoms with E-state index in [1.165, 1.54) is 13.1 Å². The summed E-state index contributed by atoms with van der Waals surface area (Å²) >= 11 is 0. The number of fused-ring (bicyclic) bond motifs is 1. The molecule has 0 aromatic heterocycles. The number of nitriles is 1. The zero-order valence-electron chi connectivity index (χ0n) is 10.9. The Bertz CT molecular complexity index is 773. The third-order valence-electron chi connectivity index (χ3n) is 3.03. The largest absolute Gasteiger partial charge is 0.405 e. The molecular formula is C15H11BFN3. The van der Waals surface area contributed by atoms with E-state index in [2.05, 4.69) is 4.99 Å². The van der Waals surface area contributed by atoms with Crippen LogP contribution in [0.15, 0.2) is 47.0 Å². The fourth-order valence-electron chi connectivity index (χ4n) is 2.13. The van der Waals surface area contributed by atoms with Crippen LogP contribution in [-0.2, 0) is 0 Å². The van der Waals surface area contributed by atoms with Crippen LogP contribution in [-0.4, -0.2) is 20.6 Å². The van der Waals surface area contributed by atoms with Crippen LogP contribution in [0.2, 0.25) is 0 Å². The average molecular weight is 263 g/mol. The summed E-state index contributed by atoms with van der Waals surface area (Å²) in [7, 11) is 7.20. The summed E-state index contributed by atoms with van der Waals surface area (Å²) in [6, 6.07) is 10.5. The van der Waals surface area contributed by atoms with Crippen LogP contribution >= 0.6 is 0 Å². The second-order valence-electron chi connectivity index (χ2n) is 4.14. The van der Waals surface area contributed by atoms with Gasteiger partial charge in [0.1, 0.15) is 19.7 Å². The highest BCUT2D eigenvalue weighted by Crippen LogP contribution is 2.26. The molecule has 2 radical (unpaired) electrons. The Balaban J connectivity index is 2.90. The normalized spacial score (nSPS) is 12.4. The molecule has 0 amide bonds. The van der Waals surface area contributed by atoms with Crippen molar-refractivity contribution in [3.8, 4) is 6.07 Å². The van der Waals surface area contributed by atoms with Gasteiger partial charge in [0.05, 0.1) is 16.8 Å². The quantitative estimate of drug-likeness (QED) is 0.667. The monoisotopic (exact) mass is 263 g/mol. The number of benzene rings is 2. The Kier molecular flexibility index (Phi) is 3.85. The van der Waals surface area contributed by atoms with E-state index in [1.807, 2.05) is 6.07 Å². The number of rotatable bonds is 2. The predicted octanol–water partition coefficient (Wildman–Crippen LogP) is 2.24. The van der Waals surface area contributed by atoms with Gasteiger partial charge in [-0.3, -0.25) is 4.99 Å². The number of aliphatic imine (C=N–C) groups is 1. The van der Waals surface area contributed by atoms with E-state index in [4.69, 9.17) is 13.6 Å². The smallest absolute Gasteiger partial charge is 0.134 e. The first kappa shape index (κ1) is 13.8. The van der Waals surface area contributed by atoms with Crippen LogP contribution in [0.25, 0.3) is 10.8 Å². The SMILES string of the molecule is [B]/C(=C/N)C(=NC)c1c(F)cc2ccccc2c1C#N. The Hall–Kier alpha value is -2.61. The zero-order chi connectivity index (χ0) is 14.7. The zero-order valence-corrected chi connectivity index (χ0v) is 10.9. The molecule has 0 saturated heterocycles. The molecule has 2 aromatic rings. The summed E-state index contributed by atoms with van der Waals surface area (Å²) in [6.45, 7) is 0. The second-order valence-corrected chi connectivity index (χ2v) is 4.14. The number of allylic oxidation sites excluding steroid dienone is 1. The van der Waals surface area contributed by atoms with Crippen LogP contribution in [0.5, 0.6) is 0 Å². The van der Waals surface area contributed by atoms with Gasteiger partial charge in [0.25, 0.3) is 0 Å². The lowest BCUT2D eigenvalue weighted by molar-refractivity contribution is 0.627. The van der Waals surface area contributed by atoms with E-state index in [0.29, 0.717) is 10.8 Å². The molecule has 0 atom stereocenters. The maximum atomic E-state index is 14.3. The van der Waals surface area contributed by atoms with Crippen molar-refractivity contribution in [2.24, 2.45) is 10.7 Å². The first-order valence-corrected chi connectivity index (χ1v) is 5.90. The van der Waals surface area contributed by atoms with Gasteiger partial charge in [0.2, 0.25) is 0 Å². The number of halogens is 1. The molecule has 2 aromatic carbocycles. The molecule has 0 aliphatic rings. The van der Waals surface area contributed by atoms with Crippen molar-refractivity contribution in [3.05, 3.63) is 58.9 Å². The fourth-order valence-corrected chi connectivity index (χ4v) is 2.13. The molecule has 0 fully saturated rings. The summed E-state index contributed by atoms with van der Waals surface area (Å²) in [5.74, 6) is -0.550. The molecule has 2 N–H and O–H groups in total. The summed E-state index contributed by atoms with van der Waals surface area (Å²) in [5.41, 5.74) is 5.94. The van der Waals surface area contributed by atoms with Crippen LogP contribution in [0.4, 0.5) is 4.39 Å². The van der Waals surface area contributed by atoms with Crippen molar-refractivity contribution in [3.63, 3.8) is 0 Å². The summed E-state index contributed by atoms with van der Waals surface area (Å²) < 4.78 is 14.3. The van der Waals surface area contributed by atoms with Crippen LogP contribution in [0.3, 0.4) is 0 Å². The predicted molar refractivity (Wildman–Crippen MR) is 79.1 cm³/mol. The maximum Gasteiger partial charge on any atom is 0.134 e. The average Bonchev–Trinajstić information content (AvgIpc) is 2.47. The number of nitrogens with two attached hydrogens (primary N) is 1. The van der Waals surface area contributed by atoms with Crippen molar-refractivity contribution in [2.45, 2.75) is 0 Å². The van der Waals surface area contributed by atoms with Crippen molar-refractivity contribution >= 4 is 24.3 Å². The molecule has 0 spiro atoms. The minimum absolute atomic E-state index is 0.0768. The number of hydrogen-bond donors (Lipinski definition) is 1. The van der Waals surface area contributed by atoms with Crippen molar-refractivity contribution < 1.29 is 4.39 Å². The molecule has 0 heterocycles. The van der Waals surface area contributed by atoms with Gasteiger partial charge in [0, 0.05) is 12.4 Å². The van der Waals surface area contributed by atoms with Crippen LogP contribution in [0.1, 0.15) is 11.1 Å². The molecular weight excluding hydrogens is 252 g/mol. The highest BCUT2D eigenvalue weighted by Gasteiger charge is 2.18. The molecule has 2 rings (SSSR count). The van der Waals surface area contributed by atoms with Gasteiger partial charge in [-0.05, 0) is 17.7 Å². The molecule has 5 heteroatoms. The summed E-state index contributed by atoms with van der Waals surface area (Å²) in [6.07, 6.45) is 1.14. The molecule has 96 valence electrons. The Morgan fingerprint density at radius 3 is 2.75 bits per heavy atom. The lowest BCUT2D eigenvalue weighted by Gasteiger charge is -2.12. The minimum Gasteiger partial charge on any atom is -0.405 e. The van der Waals surface area contributed by atoms with Gasteiger partial charge in [-0.2, -0.15) is 5.26 Å². The van der Waals surface area contributed by atoms with Crippen LogP contribution < -0.4 is 5.73 Å². The Morgan fingerprint density at radius 1 is 1.45 bits per heavy atom. The maximum absolute atomic E-state index is 14.3. The second kappa shape index (κ2) is 5.58. The standard InChI is InChI=1S/C15H11BFN3/c1-20-15(12(16)8-19)14-11(7-18)10-5-3-2-4-9(10)6-13(14)17/h2-6,8H,19H2,1H3/b12-8+,20-15?. The highest BCUT2D eigenvalue weighted by atomic mass is 19.1. The molecule has 0 aliphatic carbocycles. The Morgan fingerprint density at radius 2 is 2.15 bits per heavy atom. The van der Waals surface area contributed by atoms with Gasteiger partial charge in [-0.25, -0.2) is 4.39 Å². The lowest BCUT2D eigenvalue weighted by atomic mass is 9.84. The van der Waals surface area contributed by atoms with E-state index in [9.17, 15) is 9.65 Å². The lowest BCUT2D eigenvalue weighted by Crippen LogP contribution is -2.12. The van der Waals surface area contributed by atoms with Crippen molar-refractivity contribution in [1.82, 2.24) is 0 Å². The topological polar surface area (TPSA) is 62.2 Å². The van der Waals surface area contributed by atoms with Gasteiger partial charge in [0.15, 0.2) is 0 Å². The minimum atomic E-state index is -0.550. The van der Waals surface area contributed by atoms with E-state index < -0.39 is 5.82 Å². The van der Waals surface area contributed by atoms with E-state index in [1.54, 1.807) is 24.3 Å². The highest BCUT2D eigenvalue weighted by molar-refractivity contribution is 6.42. The van der Waals surface area contributed by atoms with E-state index in [-0.39, 0.29) is 22.3 Å². The first-order valence-electron chi connectivity index (χ1n) is 5.90. The summed E-state index contributed by atoms with van der Waals surface area (Å²) in [5, 5.41) is 10.7. The summed E-state index contributed by atoms with van der Waals surface area (Å²) in [4.78, 5) is 3.96. The van der Waals surface area contributed by atoms with Crippen LogP contribution in [0, 0.1) is 17.1 Å². The third-order valence-corrected chi connectivity index (χ3v) is 3.03. The molecule has 0 unspecified atom stereocenters. The van der Waals surface area contributed by atoms with Gasteiger partial charge in [-0.15, -0.1) is 0 Å². The van der Waals surface area contributed by atoms with Gasteiger partial charge >= 0.3 is 0 Å². The third kappa shape index (κ3) is 2.16. The first-order chi connectivity index (χ1) is 9.63.